The van der Waals surface area contributed by atoms with Crippen molar-refractivity contribution in [2.45, 2.75) is 18.7 Å². The number of nitrogens with zero attached hydrogens (tertiary/aromatic N) is 1. The molecule has 1 aliphatic rings. The van der Waals surface area contributed by atoms with Gasteiger partial charge >= 0.3 is 0 Å². The summed E-state index contributed by atoms with van der Waals surface area (Å²) in [5.74, 6) is 0.485. The van der Waals surface area contributed by atoms with E-state index in [1.807, 2.05) is 12.3 Å². The molecule has 0 N–H and O–H groups in total. The standard InChI is InChI=1S/C12H12ClN/c13-8-12-7-6-11(9-14-12)10-4-2-1-3-5-10/h1-2,4,6-7,9H,3,5,8H2. The summed E-state index contributed by atoms with van der Waals surface area (Å²) in [6.45, 7) is 0. The second kappa shape index (κ2) is 4.43. The van der Waals surface area contributed by atoms with Crippen LogP contribution in [0, 0.1) is 0 Å². The first-order valence-corrected chi connectivity index (χ1v) is 5.30. The van der Waals surface area contributed by atoms with Crippen LogP contribution in [0.2, 0.25) is 0 Å². The van der Waals surface area contributed by atoms with Gasteiger partial charge in [-0.1, -0.05) is 24.3 Å². The number of rotatable bonds is 2. The van der Waals surface area contributed by atoms with Crippen LogP contribution in [-0.4, -0.2) is 4.98 Å². The molecule has 0 atom stereocenters. The molecule has 0 saturated carbocycles. The molecule has 14 heavy (non-hydrogen) atoms. The maximum Gasteiger partial charge on any atom is 0.0647 e. The summed E-state index contributed by atoms with van der Waals surface area (Å²) in [7, 11) is 0. The third kappa shape index (κ3) is 2.05. The molecule has 0 aromatic carbocycles. The van der Waals surface area contributed by atoms with E-state index in [4.69, 9.17) is 11.6 Å². The quantitative estimate of drug-likeness (QED) is 0.673. The van der Waals surface area contributed by atoms with E-state index in [9.17, 15) is 0 Å². The summed E-state index contributed by atoms with van der Waals surface area (Å²) >= 11 is 5.68. The number of aromatic nitrogens is 1. The molecule has 1 aliphatic carbocycles. The van der Waals surface area contributed by atoms with Gasteiger partial charge in [0.05, 0.1) is 11.6 Å². The van der Waals surface area contributed by atoms with Crippen molar-refractivity contribution in [1.29, 1.82) is 0 Å². The minimum atomic E-state index is 0.485. The first-order valence-electron chi connectivity index (χ1n) is 4.77. The van der Waals surface area contributed by atoms with Crippen LogP contribution in [-0.2, 0) is 5.88 Å². The van der Waals surface area contributed by atoms with E-state index in [1.165, 1.54) is 11.1 Å². The van der Waals surface area contributed by atoms with E-state index >= 15 is 0 Å². The monoisotopic (exact) mass is 205 g/mol. The van der Waals surface area contributed by atoms with Crippen molar-refractivity contribution in [3.05, 3.63) is 47.8 Å². The number of halogens is 1. The minimum absolute atomic E-state index is 0.485. The van der Waals surface area contributed by atoms with Crippen molar-refractivity contribution >= 4 is 17.2 Å². The highest BCUT2D eigenvalue weighted by atomic mass is 35.5. The van der Waals surface area contributed by atoms with Crippen LogP contribution < -0.4 is 0 Å². The van der Waals surface area contributed by atoms with Gasteiger partial charge in [-0.15, -0.1) is 11.6 Å². The van der Waals surface area contributed by atoms with Gasteiger partial charge in [-0.3, -0.25) is 4.98 Å². The summed E-state index contributed by atoms with van der Waals surface area (Å²) in [6, 6.07) is 4.08. The Kier molecular flexibility index (Phi) is 3.00. The summed E-state index contributed by atoms with van der Waals surface area (Å²) in [4.78, 5) is 4.28. The molecule has 0 spiro atoms. The normalized spacial score (nSPS) is 15.4. The van der Waals surface area contributed by atoms with E-state index < -0.39 is 0 Å². The lowest BCUT2D eigenvalue weighted by atomic mass is 9.99. The molecule has 2 heteroatoms. The first-order chi connectivity index (χ1) is 6.90. The van der Waals surface area contributed by atoms with Crippen molar-refractivity contribution in [1.82, 2.24) is 4.98 Å². The molecule has 0 saturated heterocycles. The Morgan fingerprint density at radius 3 is 2.86 bits per heavy atom. The summed E-state index contributed by atoms with van der Waals surface area (Å²) in [6.07, 6.45) is 10.6. The second-order valence-corrected chi connectivity index (χ2v) is 3.60. The third-order valence-corrected chi connectivity index (χ3v) is 2.62. The molecule has 0 fully saturated rings. The molecule has 72 valence electrons. The van der Waals surface area contributed by atoms with Crippen LogP contribution in [0.15, 0.2) is 36.6 Å². The maximum absolute atomic E-state index is 5.68. The molecular weight excluding hydrogens is 194 g/mol. The van der Waals surface area contributed by atoms with Gasteiger partial charge in [0.2, 0.25) is 0 Å². The fourth-order valence-electron chi connectivity index (χ4n) is 1.54. The van der Waals surface area contributed by atoms with Crippen LogP contribution in [0.1, 0.15) is 24.1 Å². The molecule has 1 heterocycles. The Morgan fingerprint density at radius 2 is 2.29 bits per heavy atom. The Balaban J connectivity index is 2.24. The lowest BCUT2D eigenvalue weighted by Crippen LogP contribution is -1.91. The number of hydrogen-bond donors (Lipinski definition) is 0. The van der Waals surface area contributed by atoms with E-state index in [0.29, 0.717) is 5.88 Å². The topological polar surface area (TPSA) is 12.9 Å². The molecule has 0 bridgehead atoms. The van der Waals surface area contributed by atoms with Crippen molar-refractivity contribution in [2.24, 2.45) is 0 Å². The second-order valence-electron chi connectivity index (χ2n) is 3.33. The highest BCUT2D eigenvalue weighted by molar-refractivity contribution is 6.16. The minimum Gasteiger partial charge on any atom is -0.259 e. The van der Waals surface area contributed by atoms with E-state index in [0.717, 1.165) is 18.5 Å². The zero-order valence-corrected chi connectivity index (χ0v) is 8.67. The third-order valence-electron chi connectivity index (χ3n) is 2.35. The van der Waals surface area contributed by atoms with E-state index in [-0.39, 0.29) is 0 Å². The number of allylic oxidation sites excluding steroid dienone is 4. The zero-order chi connectivity index (χ0) is 9.80. The van der Waals surface area contributed by atoms with Gasteiger partial charge in [-0.05, 0) is 30.0 Å². The molecule has 0 unspecified atom stereocenters. The van der Waals surface area contributed by atoms with Crippen LogP contribution in [0.3, 0.4) is 0 Å². The maximum atomic E-state index is 5.68. The van der Waals surface area contributed by atoms with Crippen LogP contribution in [0.5, 0.6) is 0 Å². The Hall–Kier alpha value is -1.08. The zero-order valence-electron chi connectivity index (χ0n) is 7.91. The SMILES string of the molecule is ClCc1ccc(C2=CC=CCC2)cn1. The average molecular weight is 206 g/mol. The van der Waals surface area contributed by atoms with Crippen molar-refractivity contribution in [3.8, 4) is 0 Å². The average Bonchev–Trinajstić information content (AvgIpc) is 2.30. The number of pyridine rings is 1. The summed E-state index contributed by atoms with van der Waals surface area (Å²) in [5.41, 5.74) is 3.51. The smallest absolute Gasteiger partial charge is 0.0647 e. The lowest BCUT2D eigenvalue weighted by molar-refractivity contribution is 1.05. The van der Waals surface area contributed by atoms with Crippen LogP contribution >= 0.6 is 11.6 Å². The molecule has 1 nitrogen and oxygen atoms in total. The van der Waals surface area contributed by atoms with Gasteiger partial charge in [0.15, 0.2) is 0 Å². The predicted molar refractivity (Wildman–Crippen MR) is 60.1 cm³/mol. The summed E-state index contributed by atoms with van der Waals surface area (Å²) < 4.78 is 0. The summed E-state index contributed by atoms with van der Waals surface area (Å²) in [5, 5.41) is 0. The van der Waals surface area contributed by atoms with Crippen molar-refractivity contribution in [2.75, 3.05) is 0 Å². The van der Waals surface area contributed by atoms with Gasteiger partial charge < -0.3 is 0 Å². The molecule has 2 rings (SSSR count). The van der Waals surface area contributed by atoms with E-state index in [1.54, 1.807) is 0 Å². The van der Waals surface area contributed by atoms with Gasteiger partial charge in [-0.25, -0.2) is 0 Å². The molecule has 0 amide bonds. The number of alkyl halides is 1. The predicted octanol–water partition coefficient (Wildman–Crippen LogP) is 3.55. The van der Waals surface area contributed by atoms with E-state index in [2.05, 4.69) is 29.3 Å². The van der Waals surface area contributed by atoms with Gasteiger partial charge in [-0.2, -0.15) is 0 Å². The Labute approximate surface area is 89.1 Å². The highest BCUT2D eigenvalue weighted by Gasteiger charge is 2.03. The van der Waals surface area contributed by atoms with Crippen LogP contribution in [0.4, 0.5) is 0 Å². The molecule has 0 aliphatic heterocycles. The molecule has 0 radical (unpaired) electrons. The van der Waals surface area contributed by atoms with Gasteiger partial charge in [0, 0.05) is 6.20 Å². The van der Waals surface area contributed by atoms with Gasteiger partial charge in [0.25, 0.3) is 0 Å². The fraction of sp³-hybridized carbons (Fsp3) is 0.250. The molecular formula is C12H12ClN. The Morgan fingerprint density at radius 1 is 1.36 bits per heavy atom. The first kappa shape index (κ1) is 9.47. The molecule has 1 aromatic rings. The van der Waals surface area contributed by atoms with Crippen LogP contribution in [0.25, 0.3) is 5.57 Å². The molecule has 1 aromatic heterocycles. The fourth-order valence-corrected chi connectivity index (χ4v) is 1.69. The number of hydrogen-bond acceptors (Lipinski definition) is 1. The van der Waals surface area contributed by atoms with Crippen molar-refractivity contribution < 1.29 is 0 Å². The highest BCUT2D eigenvalue weighted by Crippen LogP contribution is 2.22. The largest absolute Gasteiger partial charge is 0.259 e. The lowest BCUT2D eigenvalue weighted by Gasteiger charge is -2.08. The van der Waals surface area contributed by atoms with Gasteiger partial charge in [0.1, 0.15) is 0 Å². The van der Waals surface area contributed by atoms with Crippen molar-refractivity contribution in [3.63, 3.8) is 0 Å². The Bertz CT molecular complexity index is 362.